The number of nitrogens with zero attached hydrogens (tertiary/aromatic N) is 1. The fraction of sp³-hybridized carbons (Fsp3) is 0.417. The Morgan fingerprint density at radius 2 is 2.35 bits per heavy atom. The number of aliphatic hydroxyl groups is 1. The molecule has 17 heavy (non-hydrogen) atoms. The lowest BCUT2D eigenvalue weighted by atomic mass is 9.96. The monoisotopic (exact) mass is 235 g/mol. The Morgan fingerprint density at radius 3 is 3.06 bits per heavy atom. The van der Waals surface area contributed by atoms with E-state index < -0.39 is 0 Å². The summed E-state index contributed by atoms with van der Waals surface area (Å²) < 4.78 is 0. The second-order valence-electron chi connectivity index (χ2n) is 4.29. The number of nitrogens with two attached hydrogens (primary N) is 1. The first-order chi connectivity index (χ1) is 8.13. The zero-order chi connectivity index (χ0) is 12.4. The molecule has 0 aliphatic carbocycles. The predicted octanol–water partition coefficient (Wildman–Crippen LogP) is 0.0561. The molecule has 4 N–H and O–H groups in total. The standard InChI is InChI=1S/C12H17N3O2/c1-15(5-6-16)11-7-8-9(13)3-2-4-10(8)14-12(11)17/h2-4,11,16H,5-7,13H2,1H3,(H,14,17). The summed E-state index contributed by atoms with van der Waals surface area (Å²) in [4.78, 5) is 13.7. The summed E-state index contributed by atoms with van der Waals surface area (Å²) in [6.07, 6.45) is 0.588. The van der Waals surface area contributed by atoms with Gasteiger partial charge < -0.3 is 16.2 Å². The van der Waals surface area contributed by atoms with Crippen LogP contribution in [-0.2, 0) is 11.2 Å². The molecule has 0 bridgehead atoms. The minimum Gasteiger partial charge on any atom is -0.398 e. The first-order valence-electron chi connectivity index (χ1n) is 5.63. The number of carbonyl (C=O) groups is 1. The second-order valence-corrected chi connectivity index (χ2v) is 4.29. The van der Waals surface area contributed by atoms with E-state index in [9.17, 15) is 4.79 Å². The van der Waals surface area contributed by atoms with Gasteiger partial charge in [-0.3, -0.25) is 9.69 Å². The lowest BCUT2D eigenvalue weighted by Crippen LogP contribution is -2.47. The van der Waals surface area contributed by atoms with Crippen molar-refractivity contribution in [3.8, 4) is 0 Å². The van der Waals surface area contributed by atoms with Crippen LogP contribution in [0.15, 0.2) is 18.2 Å². The number of anilines is 2. The van der Waals surface area contributed by atoms with Gasteiger partial charge in [0, 0.05) is 29.9 Å². The SMILES string of the molecule is CN(CCO)C1Cc2c(N)cccc2NC1=O. The number of likely N-dealkylation sites (N-methyl/N-ethyl adjacent to an activating group) is 1. The largest absolute Gasteiger partial charge is 0.398 e. The molecule has 1 aliphatic rings. The topological polar surface area (TPSA) is 78.6 Å². The van der Waals surface area contributed by atoms with Crippen LogP contribution in [-0.4, -0.2) is 42.2 Å². The fourth-order valence-electron chi connectivity index (χ4n) is 2.12. The normalized spacial score (nSPS) is 19.0. The molecule has 1 amide bonds. The van der Waals surface area contributed by atoms with E-state index in [2.05, 4.69) is 5.32 Å². The highest BCUT2D eigenvalue weighted by atomic mass is 16.3. The summed E-state index contributed by atoms with van der Waals surface area (Å²) in [5.74, 6) is -0.0425. The van der Waals surface area contributed by atoms with Gasteiger partial charge in [-0.25, -0.2) is 0 Å². The molecule has 1 heterocycles. The van der Waals surface area contributed by atoms with E-state index in [-0.39, 0.29) is 18.6 Å². The van der Waals surface area contributed by atoms with Crippen molar-refractivity contribution in [3.63, 3.8) is 0 Å². The molecule has 0 saturated carbocycles. The number of amides is 1. The van der Waals surface area contributed by atoms with Crippen LogP contribution in [0.25, 0.3) is 0 Å². The maximum absolute atomic E-state index is 11.9. The maximum atomic E-state index is 11.9. The Balaban J connectivity index is 2.25. The highest BCUT2D eigenvalue weighted by Crippen LogP contribution is 2.28. The van der Waals surface area contributed by atoms with Crippen molar-refractivity contribution in [1.29, 1.82) is 0 Å². The lowest BCUT2D eigenvalue weighted by molar-refractivity contribution is -0.121. The third kappa shape index (κ3) is 2.25. The first kappa shape index (κ1) is 11.9. The molecule has 5 heteroatoms. The predicted molar refractivity (Wildman–Crippen MR) is 66.7 cm³/mol. The van der Waals surface area contributed by atoms with Gasteiger partial charge in [0.2, 0.25) is 5.91 Å². The molecule has 0 radical (unpaired) electrons. The van der Waals surface area contributed by atoms with Crippen LogP contribution in [0.1, 0.15) is 5.56 Å². The maximum Gasteiger partial charge on any atom is 0.242 e. The Morgan fingerprint density at radius 1 is 1.59 bits per heavy atom. The highest BCUT2D eigenvalue weighted by Gasteiger charge is 2.29. The van der Waals surface area contributed by atoms with Gasteiger partial charge in [-0.15, -0.1) is 0 Å². The molecule has 0 fully saturated rings. The first-order valence-corrected chi connectivity index (χ1v) is 5.63. The van der Waals surface area contributed by atoms with Gasteiger partial charge in [0.25, 0.3) is 0 Å². The Kier molecular flexibility index (Phi) is 3.31. The average Bonchev–Trinajstić information content (AvgIpc) is 2.29. The smallest absolute Gasteiger partial charge is 0.242 e. The Labute approximate surface area is 100 Å². The van der Waals surface area contributed by atoms with Crippen molar-refractivity contribution in [1.82, 2.24) is 4.90 Å². The molecule has 2 rings (SSSR count). The molecule has 0 saturated heterocycles. The molecule has 1 aromatic carbocycles. The summed E-state index contributed by atoms with van der Waals surface area (Å²) >= 11 is 0. The molecular formula is C12H17N3O2. The minimum absolute atomic E-state index is 0.0391. The van der Waals surface area contributed by atoms with Gasteiger partial charge in [0.05, 0.1) is 12.6 Å². The van der Waals surface area contributed by atoms with Gasteiger partial charge in [0.15, 0.2) is 0 Å². The molecule has 1 unspecified atom stereocenters. The zero-order valence-electron chi connectivity index (χ0n) is 9.81. The van der Waals surface area contributed by atoms with E-state index in [4.69, 9.17) is 10.8 Å². The van der Waals surface area contributed by atoms with Gasteiger partial charge in [-0.05, 0) is 19.2 Å². The van der Waals surface area contributed by atoms with Crippen molar-refractivity contribution in [2.24, 2.45) is 0 Å². The van der Waals surface area contributed by atoms with E-state index in [1.165, 1.54) is 0 Å². The molecule has 1 aromatic rings. The number of fused-ring (bicyclic) bond motifs is 1. The average molecular weight is 235 g/mol. The number of carbonyl (C=O) groups excluding carboxylic acids is 1. The van der Waals surface area contributed by atoms with Crippen molar-refractivity contribution in [2.75, 3.05) is 31.2 Å². The summed E-state index contributed by atoms with van der Waals surface area (Å²) in [6, 6.07) is 5.25. The molecule has 5 nitrogen and oxygen atoms in total. The second kappa shape index (κ2) is 4.73. The molecule has 0 spiro atoms. The summed E-state index contributed by atoms with van der Waals surface area (Å²) in [6.45, 7) is 0.511. The van der Waals surface area contributed by atoms with Gasteiger partial charge in [-0.1, -0.05) is 6.07 Å². The van der Waals surface area contributed by atoms with Crippen LogP contribution in [0.5, 0.6) is 0 Å². The quantitative estimate of drug-likeness (QED) is 0.647. The number of hydrogen-bond acceptors (Lipinski definition) is 4. The van der Waals surface area contributed by atoms with Crippen molar-refractivity contribution in [3.05, 3.63) is 23.8 Å². The number of rotatable bonds is 3. The van der Waals surface area contributed by atoms with Crippen LogP contribution >= 0.6 is 0 Å². The fourth-order valence-corrected chi connectivity index (χ4v) is 2.12. The summed E-state index contributed by atoms with van der Waals surface area (Å²) in [5.41, 5.74) is 8.37. The highest BCUT2D eigenvalue weighted by molar-refractivity contribution is 5.99. The summed E-state index contributed by atoms with van der Waals surface area (Å²) in [7, 11) is 1.82. The van der Waals surface area contributed by atoms with Gasteiger partial charge in [-0.2, -0.15) is 0 Å². The zero-order valence-corrected chi connectivity index (χ0v) is 9.81. The molecule has 1 aliphatic heterocycles. The van der Waals surface area contributed by atoms with Crippen LogP contribution in [0, 0.1) is 0 Å². The van der Waals surface area contributed by atoms with E-state index in [1.807, 2.05) is 30.1 Å². The van der Waals surface area contributed by atoms with Gasteiger partial charge >= 0.3 is 0 Å². The van der Waals surface area contributed by atoms with Gasteiger partial charge in [0.1, 0.15) is 0 Å². The number of nitrogen functional groups attached to an aromatic ring is 1. The molecular weight excluding hydrogens is 218 g/mol. The van der Waals surface area contributed by atoms with Crippen LogP contribution in [0.4, 0.5) is 11.4 Å². The number of benzene rings is 1. The third-order valence-corrected chi connectivity index (χ3v) is 3.16. The minimum atomic E-state index is -0.264. The van der Waals surface area contributed by atoms with E-state index in [1.54, 1.807) is 0 Å². The number of hydrogen-bond donors (Lipinski definition) is 3. The molecule has 0 aromatic heterocycles. The van der Waals surface area contributed by atoms with Crippen LogP contribution < -0.4 is 11.1 Å². The van der Waals surface area contributed by atoms with Crippen molar-refractivity contribution in [2.45, 2.75) is 12.5 Å². The van der Waals surface area contributed by atoms with E-state index in [0.29, 0.717) is 18.7 Å². The van der Waals surface area contributed by atoms with E-state index >= 15 is 0 Å². The number of aliphatic hydroxyl groups excluding tert-OH is 1. The van der Waals surface area contributed by atoms with Crippen molar-refractivity contribution >= 4 is 17.3 Å². The van der Waals surface area contributed by atoms with Crippen molar-refractivity contribution < 1.29 is 9.90 Å². The number of nitrogens with one attached hydrogen (secondary N) is 1. The summed E-state index contributed by atoms with van der Waals surface area (Å²) in [5, 5.41) is 11.8. The Bertz CT molecular complexity index is 434. The van der Waals surface area contributed by atoms with Crippen LogP contribution in [0.2, 0.25) is 0 Å². The molecule has 1 atom stereocenters. The molecule has 92 valence electrons. The third-order valence-electron chi connectivity index (χ3n) is 3.16. The lowest BCUT2D eigenvalue weighted by Gasteiger charge is -2.31. The van der Waals surface area contributed by atoms with E-state index in [0.717, 1.165) is 11.3 Å². The Hall–Kier alpha value is -1.59. The van der Waals surface area contributed by atoms with Crippen LogP contribution in [0.3, 0.4) is 0 Å².